The van der Waals surface area contributed by atoms with Crippen LogP contribution in [0.3, 0.4) is 0 Å². The summed E-state index contributed by atoms with van der Waals surface area (Å²) >= 11 is 0. The molecule has 1 N–H and O–H groups in total. The van der Waals surface area contributed by atoms with Crippen molar-refractivity contribution in [3.8, 4) is 6.19 Å². The quantitative estimate of drug-likeness (QED) is 0.485. The van der Waals surface area contributed by atoms with Crippen LogP contribution in [0.15, 0.2) is 24.5 Å². The van der Waals surface area contributed by atoms with Crippen LogP contribution in [-0.2, 0) is 0 Å². The first kappa shape index (κ1) is 7.79. The molecule has 4 heteroatoms. The van der Waals surface area contributed by atoms with E-state index in [4.69, 9.17) is 10.3 Å². The third-order valence-corrected chi connectivity index (χ3v) is 0.720. The van der Waals surface area contributed by atoms with Gasteiger partial charge < -0.3 is 5.02 Å². The van der Waals surface area contributed by atoms with Gasteiger partial charge in [0, 0.05) is 12.4 Å². The van der Waals surface area contributed by atoms with Crippen molar-refractivity contribution in [2.75, 3.05) is 0 Å². The molecule has 0 aromatic carbocycles. The van der Waals surface area contributed by atoms with Gasteiger partial charge in [0.2, 0.25) is 0 Å². The third-order valence-electron chi connectivity index (χ3n) is 0.720. The van der Waals surface area contributed by atoms with Crippen LogP contribution < -0.4 is 0 Å². The molecule has 2 radical (unpaired) electrons. The molecule has 1 heterocycles. The monoisotopic (exact) mass is 120 g/mol. The van der Waals surface area contributed by atoms with E-state index in [9.17, 15) is 0 Å². The summed E-state index contributed by atoms with van der Waals surface area (Å²) in [5, 5.41) is 14.6. The Morgan fingerprint density at radius 2 is 1.78 bits per heavy atom. The lowest BCUT2D eigenvalue weighted by molar-refractivity contribution is 0.629. The van der Waals surface area contributed by atoms with Crippen molar-refractivity contribution in [2.24, 2.45) is 0 Å². The Hall–Kier alpha value is -1.21. The zero-order valence-corrected chi connectivity index (χ0v) is 4.73. The number of hydrogen-bond acceptors (Lipinski definition) is 2. The first-order valence-corrected chi connectivity index (χ1v) is 2.22. The lowest BCUT2D eigenvalue weighted by atomic mass is 10.6. The van der Waals surface area contributed by atoms with E-state index in [1.165, 1.54) is 4.57 Å². The fraction of sp³-hybridized carbons (Fsp3) is 0. The van der Waals surface area contributed by atoms with Gasteiger partial charge in [-0.3, -0.25) is 4.57 Å². The zero-order valence-electron chi connectivity index (χ0n) is 4.73. The average molecular weight is 120 g/mol. The summed E-state index contributed by atoms with van der Waals surface area (Å²) in [6.45, 7) is 0. The van der Waals surface area contributed by atoms with Crippen molar-refractivity contribution in [2.45, 2.75) is 0 Å². The molecule has 9 heavy (non-hydrogen) atoms. The summed E-state index contributed by atoms with van der Waals surface area (Å²) in [6.07, 6.45) is 5.31. The van der Waals surface area contributed by atoms with E-state index in [1.54, 1.807) is 12.4 Å². The van der Waals surface area contributed by atoms with Crippen LogP contribution in [0.25, 0.3) is 0 Å². The smallest absolute Gasteiger partial charge is 0.277 e. The molecule has 0 aliphatic rings. The van der Waals surface area contributed by atoms with Crippen LogP contribution in [0, 0.1) is 11.5 Å². The summed E-state index contributed by atoms with van der Waals surface area (Å²) < 4.78 is 1.43. The maximum atomic E-state index is 8.14. The molecule has 0 unspecified atom stereocenters. The highest BCUT2D eigenvalue weighted by Crippen LogP contribution is 1.82. The summed E-state index contributed by atoms with van der Waals surface area (Å²) in [7, 11) is 3.50. The zero-order chi connectivity index (χ0) is 7.11. The molecular formula is C5H5BN2O. The fourth-order valence-electron chi connectivity index (χ4n) is 0.401. The van der Waals surface area contributed by atoms with Crippen molar-refractivity contribution in [3.05, 3.63) is 24.5 Å². The van der Waals surface area contributed by atoms with Crippen LogP contribution >= 0.6 is 0 Å². The van der Waals surface area contributed by atoms with E-state index in [1.807, 2.05) is 18.3 Å². The van der Waals surface area contributed by atoms with E-state index >= 15 is 0 Å². The van der Waals surface area contributed by atoms with Gasteiger partial charge in [0.1, 0.15) is 0 Å². The minimum atomic E-state index is 1.43. The SMILES string of the molecule is N#Cn1cccc1.[B]O. The van der Waals surface area contributed by atoms with Crippen molar-refractivity contribution in [1.29, 1.82) is 5.26 Å². The summed E-state index contributed by atoms with van der Waals surface area (Å²) in [5.74, 6) is 0. The Kier molecular flexibility index (Phi) is 4.28. The van der Waals surface area contributed by atoms with Crippen LogP contribution in [0.2, 0.25) is 0 Å². The number of rotatable bonds is 0. The minimum absolute atomic E-state index is 1.43. The molecule has 0 atom stereocenters. The molecule has 0 fully saturated rings. The van der Waals surface area contributed by atoms with Crippen molar-refractivity contribution in [1.82, 2.24) is 4.57 Å². The van der Waals surface area contributed by atoms with E-state index in [2.05, 4.69) is 8.05 Å². The molecule has 1 rings (SSSR count). The third kappa shape index (κ3) is 2.57. The molecule has 0 bridgehead atoms. The highest BCUT2D eigenvalue weighted by atomic mass is 16.2. The van der Waals surface area contributed by atoms with E-state index in [-0.39, 0.29) is 0 Å². The van der Waals surface area contributed by atoms with Crippen LogP contribution in [-0.4, -0.2) is 17.6 Å². The van der Waals surface area contributed by atoms with Gasteiger partial charge in [-0.05, 0) is 12.1 Å². The van der Waals surface area contributed by atoms with Gasteiger partial charge >= 0.3 is 0 Å². The second-order valence-corrected chi connectivity index (χ2v) is 1.19. The Labute approximate surface area is 54.6 Å². The van der Waals surface area contributed by atoms with Gasteiger partial charge in [-0.15, -0.1) is 0 Å². The van der Waals surface area contributed by atoms with Crippen molar-refractivity contribution < 1.29 is 5.02 Å². The predicted octanol–water partition coefficient (Wildman–Crippen LogP) is -0.121. The number of nitriles is 1. The van der Waals surface area contributed by atoms with Crippen LogP contribution in [0.4, 0.5) is 0 Å². The normalized spacial score (nSPS) is 6.67. The largest absolute Gasteiger partial charge is 0.461 e. The predicted molar refractivity (Wildman–Crippen MR) is 33.4 cm³/mol. The van der Waals surface area contributed by atoms with Gasteiger partial charge in [0.15, 0.2) is 6.19 Å². The standard InChI is InChI=1S/C5H4N2.BHO/c6-5-7-3-1-2-4-7;1-2/h1-4H;2H. The van der Waals surface area contributed by atoms with E-state index in [0.717, 1.165) is 0 Å². The molecule has 1 aromatic heterocycles. The summed E-state index contributed by atoms with van der Waals surface area (Å²) in [6, 6.07) is 3.62. The summed E-state index contributed by atoms with van der Waals surface area (Å²) in [4.78, 5) is 0. The molecule has 44 valence electrons. The van der Waals surface area contributed by atoms with Crippen LogP contribution in [0.5, 0.6) is 0 Å². The molecule has 1 aromatic rings. The second kappa shape index (κ2) is 4.94. The Morgan fingerprint density at radius 3 is 2.00 bits per heavy atom. The highest BCUT2D eigenvalue weighted by molar-refractivity contribution is 5.95. The van der Waals surface area contributed by atoms with Crippen molar-refractivity contribution >= 4 is 8.05 Å². The first-order valence-electron chi connectivity index (χ1n) is 2.22. The molecule has 0 aliphatic heterocycles. The Balaban J connectivity index is 0.000000291. The molecule has 3 nitrogen and oxygen atoms in total. The molecule has 0 amide bonds. The number of hydrogen-bond donors (Lipinski definition) is 1. The number of aromatic nitrogens is 1. The van der Waals surface area contributed by atoms with Gasteiger partial charge in [-0.1, -0.05) is 0 Å². The Bertz CT molecular complexity index is 177. The summed E-state index contributed by atoms with van der Waals surface area (Å²) in [5.41, 5.74) is 0. The first-order chi connectivity index (χ1) is 4.43. The fourth-order valence-corrected chi connectivity index (χ4v) is 0.401. The maximum Gasteiger partial charge on any atom is 0.277 e. The lowest BCUT2D eigenvalue weighted by Gasteiger charge is -1.74. The average Bonchev–Trinajstić information content (AvgIpc) is 2.43. The van der Waals surface area contributed by atoms with Gasteiger partial charge in [0.25, 0.3) is 8.05 Å². The van der Waals surface area contributed by atoms with E-state index < -0.39 is 0 Å². The molecule has 0 saturated heterocycles. The minimum Gasteiger partial charge on any atom is -0.461 e. The lowest BCUT2D eigenvalue weighted by Crippen LogP contribution is -1.76. The molecule has 0 aliphatic carbocycles. The Morgan fingerprint density at radius 1 is 1.33 bits per heavy atom. The molecule has 0 saturated carbocycles. The molecular weight excluding hydrogens is 115 g/mol. The second-order valence-electron chi connectivity index (χ2n) is 1.19. The van der Waals surface area contributed by atoms with Gasteiger partial charge in [-0.25, -0.2) is 0 Å². The number of nitrogens with zero attached hydrogens (tertiary/aromatic N) is 2. The maximum absolute atomic E-state index is 8.14. The topological polar surface area (TPSA) is 49.0 Å². The highest BCUT2D eigenvalue weighted by Gasteiger charge is 1.75. The van der Waals surface area contributed by atoms with E-state index in [0.29, 0.717) is 0 Å². The van der Waals surface area contributed by atoms with Gasteiger partial charge in [-0.2, -0.15) is 5.26 Å². The van der Waals surface area contributed by atoms with Crippen LogP contribution in [0.1, 0.15) is 0 Å². The molecule has 0 spiro atoms. The van der Waals surface area contributed by atoms with Gasteiger partial charge in [0.05, 0.1) is 0 Å². The van der Waals surface area contributed by atoms with Crippen molar-refractivity contribution in [3.63, 3.8) is 0 Å².